The smallest absolute Gasteiger partial charge is 0.305 e. The first-order chi connectivity index (χ1) is 35.5. The molecule has 0 aliphatic carbocycles. The molecule has 0 fully saturated rings. The summed E-state index contributed by atoms with van der Waals surface area (Å²) in [4.78, 5) is 24.6. The largest absolute Gasteiger partial charge is 0.466 e. The van der Waals surface area contributed by atoms with Crippen LogP contribution in [0.4, 0.5) is 0 Å². The first-order valence-electron chi connectivity index (χ1n) is 32.6. The van der Waals surface area contributed by atoms with Crippen LogP contribution in [0.15, 0.2) is 24.3 Å². The molecule has 0 spiro atoms. The van der Waals surface area contributed by atoms with Gasteiger partial charge in [0.2, 0.25) is 5.91 Å². The quantitative estimate of drug-likeness (QED) is 0.0320. The fourth-order valence-electron chi connectivity index (χ4n) is 10.2. The number of nitrogens with one attached hydrogen (secondary N) is 1. The average Bonchev–Trinajstić information content (AvgIpc) is 3.38. The molecule has 0 aromatic heterocycles. The Morgan fingerprint density at radius 1 is 0.375 bits per heavy atom. The second-order valence-corrected chi connectivity index (χ2v) is 22.4. The maximum absolute atomic E-state index is 12.5. The molecule has 6 heteroatoms. The second kappa shape index (κ2) is 61.9. The van der Waals surface area contributed by atoms with Crippen LogP contribution in [0.2, 0.25) is 0 Å². The van der Waals surface area contributed by atoms with E-state index >= 15 is 0 Å². The molecule has 3 N–H and O–H groups in total. The summed E-state index contributed by atoms with van der Waals surface area (Å²) in [6.07, 6.45) is 76.2. The Balaban J connectivity index is 3.43. The van der Waals surface area contributed by atoms with Gasteiger partial charge in [0.1, 0.15) is 0 Å². The zero-order valence-electron chi connectivity index (χ0n) is 48.7. The van der Waals surface area contributed by atoms with E-state index in [0.29, 0.717) is 25.9 Å². The molecular formula is C66H127NO5. The average molecular weight is 1010 g/mol. The number of unbranched alkanes of at least 4 members (excludes halogenated alkanes) is 46. The predicted octanol–water partition coefficient (Wildman–Crippen LogP) is 20.6. The van der Waals surface area contributed by atoms with E-state index in [1.165, 1.54) is 283 Å². The molecule has 0 aromatic carbocycles. The number of ether oxygens (including phenoxy) is 1. The third-order valence-corrected chi connectivity index (χ3v) is 15.2. The maximum atomic E-state index is 12.5. The molecule has 0 heterocycles. The summed E-state index contributed by atoms with van der Waals surface area (Å²) in [6, 6.07) is -0.548. The van der Waals surface area contributed by atoms with Crippen molar-refractivity contribution in [2.24, 2.45) is 0 Å². The number of allylic oxidation sites excluding steroid dienone is 4. The number of hydrogen-bond acceptors (Lipinski definition) is 5. The number of rotatable bonds is 61. The Labute approximate surface area is 450 Å². The molecule has 426 valence electrons. The van der Waals surface area contributed by atoms with Gasteiger partial charge in [-0.05, 0) is 77.0 Å². The molecule has 0 aliphatic heterocycles. The zero-order valence-corrected chi connectivity index (χ0v) is 48.7. The lowest BCUT2D eigenvalue weighted by Gasteiger charge is -2.22. The van der Waals surface area contributed by atoms with Crippen molar-refractivity contribution in [3.05, 3.63) is 24.3 Å². The van der Waals surface area contributed by atoms with Crippen LogP contribution in [0, 0.1) is 0 Å². The Kier molecular flexibility index (Phi) is 60.5. The number of aliphatic hydroxyl groups is 2. The third-order valence-electron chi connectivity index (χ3n) is 15.2. The number of hydrogen-bond donors (Lipinski definition) is 3. The lowest BCUT2D eigenvalue weighted by molar-refractivity contribution is -0.143. The summed E-state index contributed by atoms with van der Waals surface area (Å²) in [7, 11) is 0. The summed E-state index contributed by atoms with van der Waals surface area (Å²) in [5.41, 5.74) is 0. The fraction of sp³-hybridized carbons (Fsp3) is 0.909. The summed E-state index contributed by atoms with van der Waals surface area (Å²) in [6.45, 7) is 4.96. The van der Waals surface area contributed by atoms with Gasteiger partial charge in [0, 0.05) is 12.8 Å². The summed E-state index contributed by atoms with van der Waals surface area (Å²) >= 11 is 0. The summed E-state index contributed by atoms with van der Waals surface area (Å²) in [5, 5.41) is 23.4. The van der Waals surface area contributed by atoms with Crippen LogP contribution in [0.1, 0.15) is 361 Å². The highest BCUT2D eigenvalue weighted by atomic mass is 16.5. The van der Waals surface area contributed by atoms with Crippen molar-refractivity contribution in [3.63, 3.8) is 0 Å². The Hall–Kier alpha value is -1.66. The van der Waals surface area contributed by atoms with Gasteiger partial charge in [0.15, 0.2) is 0 Å². The predicted molar refractivity (Wildman–Crippen MR) is 315 cm³/mol. The lowest BCUT2D eigenvalue weighted by atomic mass is 10.0. The van der Waals surface area contributed by atoms with Crippen LogP contribution >= 0.6 is 0 Å². The van der Waals surface area contributed by atoms with E-state index in [2.05, 4.69) is 43.5 Å². The number of aliphatic hydroxyl groups excluding tert-OH is 2. The van der Waals surface area contributed by atoms with Gasteiger partial charge in [-0.15, -0.1) is 0 Å². The number of carbonyl (C=O) groups is 2. The van der Waals surface area contributed by atoms with E-state index in [1.807, 2.05) is 0 Å². The van der Waals surface area contributed by atoms with Crippen LogP contribution in [-0.2, 0) is 14.3 Å². The van der Waals surface area contributed by atoms with Gasteiger partial charge in [-0.3, -0.25) is 9.59 Å². The summed E-state index contributed by atoms with van der Waals surface area (Å²) < 4.78 is 5.48. The molecule has 2 unspecified atom stereocenters. The maximum Gasteiger partial charge on any atom is 0.305 e. The van der Waals surface area contributed by atoms with Crippen molar-refractivity contribution in [2.45, 2.75) is 373 Å². The molecule has 2 atom stereocenters. The Morgan fingerprint density at radius 2 is 0.653 bits per heavy atom. The number of amides is 1. The van der Waals surface area contributed by atoms with Gasteiger partial charge in [-0.2, -0.15) is 0 Å². The Morgan fingerprint density at radius 3 is 0.986 bits per heavy atom. The highest BCUT2D eigenvalue weighted by molar-refractivity contribution is 5.76. The van der Waals surface area contributed by atoms with E-state index in [1.54, 1.807) is 0 Å². The fourth-order valence-corrected chi connectivity index (χ4v) is 10.2. The van der Waals surface area contributed by atoms with Crippen LogP contribution in [0.25, 0.3) is 0 Å². The summed E-state index contributed by atoms with van der Waals surface area (Å²) in [5.74, 6) is -0.0391. The molecule has 0 saturated heterocycles. The van der Waals surface area contributed by atoms with E-state index in [0.717, 1.165) is 44.9 Å². The SMILES string of the molecule is CCCCCCC/C=C\CCCCCCCC(=O)OCCCCCCCCCCCC/C=C\CCCCCCCCCC(=O)NC(CO)C(O)CCCCCCCCCCCCCCCCCCCCCC. The molecule has 0 aromatic rings. The minimum atomic E-state index is -0.670. The minimum absolute atomic E-state index is 0.000329. The normalized spacial score (nSPS) is 12.7. The van der Waals surface area contributed by atoms with Gasteiger partial charge in [0.05, 0.1) is 25.4 Å². The van der Waals surface area contributed by atoms with Crippen molar-refractivity contribution in [3.8, 4) is 0 Å². The molecular weight excluding hydrogens is 887 g/mol. The van der Waals surface area contributed by atoms with Gasteiger partial charge in [-0.25, -0.2) is 0 Å². The second-order valence-electron chi connectivity index (χ2n) is 22.4. The van der Waals surface area contributed by atoms with Crippen LogP contribution in [-0.4, -0.2) is 47.4 Å². The van der Waals surface area contributed by atoms with Gasteiger partial charge < -0.3 is 20.3 Å². The van der Waals surface area contributed by atoms with Gasteiger partial charge in [0.25, 0.3) is 0 Å². The number of esters is 1. The molecule has 0 aliphatic rings. The van der Waals surface area contributed by atoms with E-state index in [9.17, 15) is 19.8 Å². The van der Waals surface area contributed by atoms with Crippen molar-refractivity contribution in [1.29, 1.82) is 0 Å². The molecule has 0 bridgehead atoms. The molecule has 0 radical (unpaired) electrons. The first kappa shape index (κ1) is 70.3. The van der Waals surface area contributed by atoms with Gasteiger partial charge >= 0.3 is 5.97 Å². The third kappa shape index (κ3) is 57.6. The standard InChI is InChI=1S/C66H127NO5/c1-3-5-7-9-11-13-15-17-19-20-21-25-28-31-34-38-42-46-50-54-58-64(69)63(62-68)67-65(70)59-55-51-47-43-39-35-32-29-26-23-22-24-27-30-33-37-41-45-49-53-57-61-72-66(71)60-56-52-48-44-40-36-18-16-14-12-10-8-6-4-2/h16,18,23,26,63-64,68-69H,3-15,17,19-22,24-25,27-62H2,1-2H3,(H,67,70)/b18-16-,26-23-. The molecule has 0 rings (SSSR count). The van der Waals surface area contributed by atoms with E-state index in [4.69, 9.17) is 4.74 Å². The topological polar surface area (TPSA) is 95.9 Å². The molecule has 72 heavy (non-hydrogen) atoms. The minimum Gasteiger partial charge on any atom is -0.466 e. The van der Waals surface area contributed by atoms with Crippen LogP contribution < -0.4 is 5.32 Å². The van der Waals surface area contributed by atoms with Crippen LogP contribution in [0.3, 0.4) is 0 Å². The zero-order chi connectivity index (χ0) is 52.2. The molecule has 0 saturated carbocycles. The monoisotopic (exact) mass is 1010 g/mol. The van der Waals surface area contributed by atoms with Crippen molar-refractivity contribution in [2.75, 3.05) is 13.2 Å². The Bertz CT molecular complexity index is 1120. The highest BCUT2D eigenvalue weighted by Gasteiger charge is 2.20. The van der Waals surface area contributed by atoms with Crippen LogP contribution in [0.5, 0.6) is 0 Å². The van der Waals surface area contributed by atoms with Gasteiger partial charge in [-0.1, -0.05) is 295 Å². The van der Waals surface area contributed by atoms with Crippen molar-refractivity contribution >= 4 is 11.9 Å². The molecule has 6 nitrogen and oxygen atoms in total. The van der Waals surface area contributed by atoms with Crippen molar-refractivity contribution in [1.82, 2.24) is 5.32 Å². The lowest BCUT2D eigenvalue weighted by Crippen LogP contribution is -2.45. The molecule has 1 amide bonds. The van der Waals surface area contributed by atoms with E-state index < -0.39 is 12.1 Å². The van der Waals surface area contributed by atoms with Crippen molar-refractivity contribution < 1.29 is 24.5 Å². The highest BCUT2D eigenvalue weighted by Crippen LogP contribution is 2.18. The van der Waals surface area contributed by atoms with E-state index in [-0.39, 0.29) is 18.5 Å². The first-order valence-corrected chi connectivity index (χ1v) is 32.6. The number of carbonyl (C=O) groups excluding carboxylic acids is 2.